The van der Waals surface area contributed by atoms with Crippen LogP contribution in [0.5, 0.6) is 0 Å². The number of fused-ring (bicyclic) bond motifs is 7. The van der Waals surface area contributed by atoms with Crippen molar-refractivity contribution in [3.05, 3.63) is 47.5 Å². The second-order valence-corrected chi connectivity index (χ2v) is 19.3. The molecule has 0 N–H and O–H groups in total. The molecule has 286 valence electrons. The Hall–Kier alpha value is -3.16. The maximum absolute atomic E-state index is 14.9. The van der Waals surface area contributed by atoms with E-state index in [4.69, 9.17) is 18.9 Å². The zero-order valence-corrected chi connectivity index (χ0v) is 33.3. The van der Waals surface area contributed by atoms with Crippen LogP contribution in [0.4, 0.5) is 4.79 Å². The number of hydrogen-bond donors (Lipinski definition) is 0. The number of rotatable bonds is 7. The molecule has 1 aromatic carbocycles. The molecule has 52 heavy (non-hydrogen) atoms. The Morgan fingerprint density at radius 2 is 1.48 bits per heavy atom. The van der Waals surface area contributed by atoms with E-state index in [0.717, 1.165) is 50.5 Å². The lowest BCUT2D eigenvalue weighted by molar-refractivity contribution is -0.206. The standard InChI is InChI=1S/C44H62O8/c1-27(2)50-38(48)52-28(3)51-36(46)30-16-18-42(8)34(39(30,4)5)17-19-44(10)35(42)33(45)24-31-32-25-41(7,21-20-40(32,6)22-23-43(31,44)9)37(47)49-26-29-14-12-11-13-15-29/h11-15,24,27-28,30,32,34-35H,16-23,25-26H2,1-10H3/t28?,30-,32+,34+,35-,40-,41+,42+,43-,44-/m1/s1. The van der Waals surface area contributed by atoms with Gasteiger partial charge in [-0.05, 0) is 129 Å². The molecule has 0 amide bonds. The molecule has 8 heteroatoms. The monoisotopic (exact) mass is 718 g/mol. The molecule has 10 atom stereocenters. The molecule has 4 fully saturated rings. The summed E-state index contributed by atoms with van der Waals surface area (Å²) < 4.78 is 21.9. The van der Waals surface area contributed by atoms with Crippen molar-refractivity contribution in [1.29, 1.82) is 0 Å². The highest BCUT2D eigenvalue weighted by Crippen LogP contribution is 2.75. The molecule has 0 heterocycles. The van der Waals surface area contributed by atoms with Gasteiger partial charge >= 0.3 is 18.1 Å². The molecule has 0 spiro atoms. The topological polar surface area (TPSA) is 105 Å². The van der Waals surface area contributed by atoms with Crippen molar-refractivity contribution in [2.45, 2.75) is 146 Å². The molecule has 0 saturated heterocycles. The molecule has 0 radical (unpaired) electrons. The van der Waals surface area contributed by atoms with E-state index in [9.17, 15) is 19.2 Å². The van der Waals surface area contributed by atoms with Gasteiger partial charge in [0, 0.05) is 12.8 Å². The van der Waals surface area contributed by atoms with Gasteiger partial charge in [0.2, 0.25) is 6.29 Å². The van der Waals surface area contributed by atoms with E-state index >= 15 is 0 Å². The first-order chi connectivity index (χ1) is 24.2. The summed E-state index contributed by atoms with van der Waals surface area (Å²) in [6.07, 6.45) is 7.42. The van der Waals surface area contributed by atoms with E-state index < -0.39 is 23.3 Å². The van der Waals surface area contributed by atoms with Crippen molar-refractivity contribution in [2.24, 2.45) is 56.2 Å². The van der Waals surface area contributed by atoms with E-state index in [0.29, 0.717) is 12.8 Å². The van der Waals surface area contributed by atoms with Crippen molar-refractivity contribution in [3.63, 3.8) is 0 Å². The number of hydrogen-bond acceptors (Lipinski definition) is 8. The van der Waals surface area contributed by atoms with Gasteiger partial charge in [0.1, 0.15) is 6.61 Å². The predicted octanol–water partition coefficient (Wildman–Crippen LogP) is 9.78. The number of ketones is 1. The first-order valence-electron chi connectivity index (χ1n) is 19.8. The van der Waals surface area contributed by atoms with Crippen molar-refractivity contribution < 1.29 is 38.1 Å². The van der Waals surface area contributed by atoms with Crippen LogP contribution in [0.25, 0.3) is 0 Å². The fourth-order valence-corrected chi connectivity index (χ4v) is 12.3. The van der Waals surface area contributed by atoms with Crippen LogP contribution in [0.3, 0.4) is 0 Å². The molecular weight excluding hydrogens is 656 g/mol. The van der Waals surface area contributed by atoms with Crippen molar-refractivity contribution >= 4 is 23.9 Å². The lowest BCUT2D eigenvalue weighted by Gasteiger charge is -2.70. The van der Waals surface area contributed by atoms with Crippen LogP contribution in [0.15, 0.2) is 42.0 Å². The first-order valence-corrected chi connectivity index (χ1v) is 19.8. The van der Waals surface area contributed by atoms with Crippen LogP contribution in [-0.4, -0.2) is 36.3 Å². The van der Waals surface area contributed by atoms with Crippen molar-refractivity contribution in [3.8, 4) is 0 Å². The maximum atomic E-state index is 14.9. The van der Waals surface area contributed by atoms with Crippen LogP contribution in [0.2, 0.25) is 0 Å². The Morgan fingerprint density at radius 3 is 2.15 bits per heavy atom. The summed E-state index contributed by atoms with van der Waals surface area (Å²) in [6.45, 7) is 21.1. The SMILES string of the molecule is CC(C)OC(=O)OC(C)OC(=O)[C@H]1CC[C@]2(C)[C@H]3C(=O)C=C4[C@@H]5C[C@@](C)(C(=O)OCc6ccccc6)CC[C@]5(C)CC[C@@]4(C)[C@]3(C)CC[C@H]2C1(C)C. The second kappa shape index (κ2) is 13.3. The molecule has 5 aliphatic rings. The summed E-state index contributed by atoms with van der Waals surface area (Å²) in [6, 6.07) is 9.84. The Kier molecular flexibility index (Phi) is 9.86. The van der Waals surface area contributed by atoms with Gasteiger partial charge in [-0.2, -0.15) is 0 Å². The molecule has 0 aliphatic heterocycles. The number of carbonyl (C=O) groups excluding carboxylic acids is 4. The van der Waals surface area contributed by atoms with Gasteiger partial charge < -0.3 is 18.9 Å². The Morgan fingerprint density at radius 1 is 0.808 bits per heavy atom. The first kappa shape index (κ1) is 38.6. The minimum atomic E-state index is -1.06. The van der Waals surface area contributed by atoms with Crippen molar-refractivity contribution in [2.75, 3.05) is 0 Å². The highest BCUT2D eigenvalue weighted by Gasteiger charge is 2.70. The number of allylic oxidation sites excluding steroid dienone is 2. The van der Waals surface area contributed by atoms with Crippen LogP contribution < -0.4 is 0 Å². The molecule has 4 saturated carbocycles. The second-order valence-electron chi connectivity index (χ2n) is 19.3. The average molecular weight is 719 g/mol. The summed E-state index contributed by atoms with van der Waals surface area (Å²) in [5.41, 5.74) is 0.467. The largest absolute Gasteiger partial charge is 0.511 e. The third-order valence-electron chi connectivity index (χ3n) is 15.5. The van der Waals surface area contributed by atoms with Crippen LogP contribution in [0, 0.1) is 56.2 Å². The quantitative estimate of drug-likeness (QED) is 0.156. The summed E-state index contributed by atoms with van der Waals surface area (Å²) in [4.78, 5) is 54.3. The van der Waals surface area contributed by atoms with E-state index in [1.165, 1.54) is 12.5 Å². The van der Waals surface area contributed by atoms with Gasteiger partial charge in [0.15, 0.2) is 5.78 Å². The third-order valence-corrected chi connectivity index (χ3v) is 15.5. The Bertz CT molecular complexity index is 1610. The lowest BCUT2D eigenvalue weighted by atomic mass is 9.33. The van der Waals surface area contributed by atoms with Gasteiger partial charge in [-0.3, -0.25) is 14.4 Å². The summed E-state index contributed by atoms with van der Waals surface area (Å²) >= 11 is 0. The number of benzene rings is 1. The number of ether oxygens (including phenoxy) is 4. The normalized spacial score (nSPS) is 39.8. The van der Waals surface area contributed by atoms with Gasteiger partial charge in [-0.15, -0.1) is 0 Å². The molecule has 0 aromatic heterocycles. The van der Waals surface area contributed by atoms with Gasteiger partial charge in [-0.25, -0.2) is 4.79 Å². The van der Waals surface area contributed by atoms with Crippen LogP contribution >= 0.6 is 0 Å². The predicted molar refractivity (Wildman–Crippen MR) is 197 cm³/mol. The average Bonchev–Trinajstić information content (AvgIpc) is 3.05. The fourth-order valence-electron chi connectivity index (χ4n) is 12.3. The van der Waals surface area contributed by atoms with E-state index in [-0.39, 0.29) is 75.8 Å². The Labute approximate surface area is 311 Å². The van der Waals surface area contributed by atoms with Gasteiger partial charge in [-0.1, -0.05) is 77.4 Å². The van der Waals surface area contributed by atoms with Gasteiger partial charge in [0.05, 0.1) is 17.4 Å². The zero-order chi connectivity index (χ0) is 38.1. The number of carbonyl (C=O) groups is 4. The van der Waals surface area contributed by atoms with E-state index in [1.54, 1.807) is 13.8 Å². The maximum Gasteiger partial charge on any atom is 0.511 e. The molecule has 8 nitrogen and oxygen atoms in total. The smallest absolute Gasteiger partial charge is 0.460 e. The Balaban J connectivity index is 1.24. The lowest BCUT2D eigenvalue weighted by Crippen LogP contribution is -2.66. The summed E-state index contributed by atoms with van der Waals surface area (Å²) in [7, 11) is 0. The molecule has 5 aliphatic carbocycles. The minimum absolute atomic E-state index is 0.0297. The molecule has 6 rings (SSSR count). The van der Waals surface area contributed by atoms with Crippen LogP contribution in [-0.2, 0) is 39.9 Å². The summed E-state index contributed by atoms with van der Waals surface area (Å²) in [5, 5.41) is 0. The zero-order valence-electron chi connectivity index (χ0n) is 33.3. The highest BCUT2D eigenvalue weighted by atomic mass is 16.8. The number of esters is 2. The van der Waals surface area contributed by atoms with Gasteiger partial charge in [0.25, 0.3) is 0 Å². The minimum Gasteiger partial charge on any atom is -0.460 e. The third kappa shape index (κ3) is 6.22. The molecule has 1 unspecified atom stereocenters. The molecule has 1 aromatic rings. The van der Waals surface area contributed by atoms with Crippen molar-refractivity contribution in [1.82, 2.24) is 0 Å². The molecule has 0 bridgehead atoms. The van der Waals surface area contributed by atoms with E-state index in [2.05, 4.69) is 48.5 Å². The summed E-state index contributed by atoms with van der Waals surface area (Å²) in [5.74, 6) is -0.604. The fraction of sp³-hybridized carbons (Fsp3) is 0.727. The highest BCUT2D eigenvalue weighted by molar-refractivity contribution is 5.96. The van der Waals surface area contributed by atoms with Crippen LogP contribution in [0.1, 0.15) is 133 Å². The van der Waals surface area contributed by atoms with E-state index in [1.807, 2.05) is 36.4 Å². The molecular formula is C44H62O8.